The molecule has 0 heterocycles. The Bertz CT molecular complexity index is 1260. The zero-order valence-corrected chi connectivity index (χ0v) is 18.4. The Morgan fingerprint density at radius 3 is 1.81 bits per heavy atom. The maximum absolute atomic E-state index is 12.8. The molecule has 0 aromatic heterocycles. The molecule has 0 atom stereocenters. The fourth-order valence-corrected chi connectivity index (χ4v) is 4.56. The van der Waals surface area contributed by atoms with Crippen LogP contribution in [-0.4, -0.2) is 14.2 Å². The Morgan fingerprint density at radius 1 is 0.656 bits per heavy atom. The third-order valence-corrected chi connectivity index (χ3v) is 6.70. The van der Waals surface area contributed by atoms with Crippen molar-refractivity contribution in [2.75, 3.05) is 5.75 Å². The van der Waals surface area contributed by atoms with E-state index in [-0.39, 0.29) is 5.75 Å². The quantitative estimate of drug-likeness (QED) is 0.329. The van der Waals surface area contributed by atoms with Crippen LogP contribution in [0.25, 0.3) is 5.57 Å². The monoisotopic (exact) mass is 440 g/mol. The SMILES string of the molecule is O=S(=O)(C/C=C(\c1ccccc1)c1ccc(OCc2ccccc2)cc1)c1ccccc1. The average molecular weight is 441 g/mol. The highest BCUT2D eigenvalue weighted by molar-refractivity contribution is 7.91. The normalized spacial score (nSPS) is 11.8. The van der Waals surface area contributed by atoms with Gasteiger partial charge >= 0.3 is 0 Å². The molecule has 0 radical (unpaired) electrons. The summed E-state index contributed by atoms with van der Waals surface area (Å²) < 4.78 is 31.5. The second-order valence-electron chi connectivity index (χ2n) is 7.38. The second kappa shape index (κ2) is 10.1. The number of hydrogen-bond acceptors (Lipinski definition) is 3. The summed E-state index contributed by atoms with van der Waals surface area (Å²) in [6.45, 7) is 0.497. The minimum Gasteiger partial charge on any atom is -0.489 e. The number of rotatable bonds is 8. The summed E-state index contributed by atoms with van der Waals surface area (Å²) in [7, 11) is -3.42. The van der Waals surface area contributed by atoms with Gasteiger partial charge in [0.15, 0.2) is 9.84 Å². The van der Waals surface area contributed by atoms with Gasteiger partial charge in [-0.1, -0.05) is 97.1 Å². The third kappa shape index (κ3) is 5.54. The molecule has 32 heavy (non-hydrogen) atoms. The molecular weight excluding hydrogens is 416 g/mol. The lowest BCUT2D eigenvalue weighted by Gasteiger charge is -2.11. The smallest absolute Gasteiger partial charge is 0.181 e. The van der Waals surface area contributed by atoms with Gasteiger partial charge in [0.25, 0.3) is 0 Å². The van der Waals surface area contributed by atoms with E-state index in [4.69, 9.17) is 4.74 Å². The summed E-state index contributed by atoms with van der Waals surface area (Å²) in [6, 6.07) is 36.1. The molecule has 0 unspecified atom stereocenters. The Kier molecular flexibility index (Phi) is 6.83. The molecule has 4 aromatic rings. The van der Waals surface area contributed by atoms with Gasteiger partial charge < -0.3 is 4.74 Å². The Hall–Kier alpha value is -3.63. The molecule has 0 aliphatic rings. The highest BCUT2D eigenvalue weighted by atomic mass is 32.2. The molecule has 0 saturated heterocycles. The molecule has 4 rings (SSSR count). The van der Waals surface area contributed by atoms with Gasteiger partial charge in [0.2, 0.25) is 0 Å². The van der Waals surface area contributed by atoms with Crippen molar-refractivity contribution in [3.63, 3.8) is 0 Å². The minimum absolute atomic E-state index is 0.0759. The van der Waals surface area contributed by atoms with E-state index in [2.05, 4.69) is 0 Å². The van der Waals surface area contributed by atoms with Crippen LogP contribution in [0, 0.1) is 0 Å². The van der Waals surface area contributed by atoms with Gasteiger partial charge in [0, 0.05) is 0 Å². The van der Waals surface area contributed by atoms with E-state index in [0.29, 0.717) is 11.5 Å². The molecule has 4 heteroatoms. The topological polar surface area (TPSA) is 43.4 Å². The average Bonchev–Trinajstić information content (AvgIpc) is 2.85. The van der Waals surface area contributed by atoms with Gasteiger partial charge in [-0.05, 0) is 46.5 Å². The molecule has 3 nitrogen and oxygen atoms in total. The van der Waals surface area contributed by atoms with Gasteiger partial charge in [0.1, 0.15) is 12.4 Å². The summed E-state index contributed by atoms with van der Waals surface area (Å²) in [5, 5.41) is 0. The fourth-order valence-electron chi connectivity index (χ4n) is 3.41. The molecule has 4 aromatic carbocycles. The van der Waals surface area contributed by atoms with Crippen molar-refractivity contribution in [2.45, 2.75) is 11.5 Å². The van der Waals surface area contributed by atoms with Crippen LogP contribution in [-0.2, 0) is 16.4 Å². The van der Waals surface area contributed by atoms with Crippen molar-refractivity contribution in [1.82, 2.24) is 0 Å². The van der Waals surface area contributed by atoms with Gasteiger partial charge in [-0.25, -0.2) is 8.42 Å². The maximum atomic E-state index is 12.8. The van der Waals surface area contributed by atoms with E-state index >= 15 is 0 Å². The van der Waals surface area contributed by atoms with Crippen molar-refractivity contribution in [2.24, 2.45) is 0 Å². The highest BCUT2D eigenvalue weighted by Gasteiger charge is 2.14. The van der Waals surface area contributed by atoms with Crippen LogP contribution in [0.2, 0.25) is 0 Å². The third-order valence-electron chi connectivity index (χ3n) is 5.11. The first-order valence-electron chi connectivity index (χ1n) is 10.4. The lowest BCUT2D eigenvalue weighted by atomic mass is 9.98. The molecule has 0 saturated carbocycles. The Morgan fingerprint density at radius 2 is 1.19 bits per heavy atom. The van der Waals surface area contributed by atoms with Gasteiger partial charge in [0.05, 0.1) is 10.6 Å². The largest absolute Gasteiger partial charge is 0.489 e. The van der Waals surface area contributed by atoms with E-state index in [9.17, 15) is 8.42 Å². The summed E-state index contributed by atoms with van der Waals surface area (Å²) in [6.07, 6.45) is 1.79. The first-order valence-corrected chi connectivity index (χ1v) is 12.1. The second-order valence-corrected chi connectivity index (χ2v) is 9.41. The van der Waals surface area contributed by atoms with Crippen LogP contribution < -0.4 is 4.74 Å². The summed E-state index contributed by atoms with van der Waals surface area (Å²) in [5.74, 6) is 0.690. The Balaban J connectivity index is 1.58. The first kappa shape index (κ1) is 21.6. The zero-order valence-electron chi connectivity index (χ0n) is 17.6. The minimum atomic E-state index is -3.42. The van der Waals surface area contributed by atoms with Crippen molar-refractivity contribution in [3.8, 4) is 5.75 Å². The van der Waals surface area contributed by atoms with Gasteiger partial charge in [-0.3, -0.25) is 0 Å². The van der Waals surface area contributed by atoms with Crippen molar-refractivity contribution in [3.05, 3.63) is 138 Å². The van der Waals surface area contributed by atoms with Gasteiger partial charge in [-0.15, -0.1) is 0 Å². The molecule has 0 spiro atoms. The van der Waals surface area contributed by atoms with Crippen LogP contribution in [0.15, 0.2) is 126 Å². The van der Waals surface area contributed by atoms with Crippen molar-refractivity contribution in [1.29, 1.82) is 0 Å². The molecule has 0 bridgehead atoms. The number of benzene rings is 4. The van der Waals surface area contributed by atoms with Crippen LogP contribution in [0.1, 0.15) is 16.7 Å². The van der Waals surface area contributed by atoms with E-state index in [0.717, 1.165) is 28.0 Å². The Labute approximate surface area is 189 Å². The molecular formula is C28H24O3S. The molecule has 160 valence electrons. The molecule has 0 N–H and O–H groups in total. The first-order chi connectivity index (χ1) is 15.6. The van der Waals surface area contributed by atoms with E-state index in [1.807, 2.05) is 91.0 Å². The number of ether oxygens (including phenoxy) is 1. The van der Waals surface area contributed by atoms with Crippen LogP contribution >= 0.6 is 0 Å². The van der Waals surface area contributed by atoms with Crippen LogP contribution in [0.5, 0.6) is 5.75 Å². The lowest BCUT2D eigenvalue weighted by Crippen LogP contribution is -2.05. The predicted molar refractivity (Wildman–Crippen MR) is 129 cm³/mol. The molecule has 0 fully saturated rings. The summed E-state index contributed by atoms with van der Waals surface area (Å²) in [5.41, 5.74) is 3.88. The van der Waals surface area contributed by atoms with E-state index in [1.54, 1.807) is 30.3 Å². The van der Waals surface area contributed by atoms with Crippen molar-refractivity contribution >= 4 is 15.4 Å². The van der Waals surface area contributed by atoms with E-state index < -0.39 is 9.84 Å². The van der Waals surface area contributed by atoms with Crippen LogP contribution in [0.3, 0.4) is 0 Å². The van der Waals surface area contributed by atoms with Gasteiger partial charge in [-0.2, -0.15) is 0 Å². The molecule has 0 aliphatic heterocycles. The lowest BCUT2D eigenvalue weighted by molar-refractivity contribution is 0.306. The highest BCUT2D eigenvalue weighted by Crippen LogP contribution is 2.26. The zero-order chi connectivity index (χ0) is 22.2. The molecule has 0 aliphatic carbocycles. The summed E-state index contributed by atoms with van der Waals surface area (Å²) >= 11 is 0. The summed E-state index contributed by atoms with van der Waals surface area (Å²) in [4.78, 5) is 0.327. The standard InChI is InChI=1S/C28H24O3S/c29-32(30,27-14-8-3-9-15-27)21-20-28(24-12-6-2-7-13-24)25-16-18-26(19-17-25)31-22-23-10-4-1-5-11-23/h1-20H,21-22H2/b28-20+. The predicted octanol–water partition coefficient (Wildman–Crippen LogP) is 6.17. The van der Waals surface area contributed by atoms with Crippen molar-refractivity contribution < 1.29 is 13.2 Å². The number of sulfone groups is 1. The molecule has 0 amide bonds. The van der Waals surface area contributed by atoms with E-state index in [1.165, 1.54) is 0 Å². The fraction of sp³-hybridized carbons (Fsp3) is 0.0714. The maximum Gasteiger partial charge on any atom is 0.181 e. The van der Waals surface area contributed by atoms with Crippen LogP contribution in [0.4, 0.5) is 0 Å². The number of hydrogen-bond donors (Lipinski definition) is 0.